The van der Waals surface area contributed by atoms with E-state index in [9.17, 15) is 4.79 Å². The van der Waals surface area contributed by atoms with Gasteiger partial charge in [0.05, 0.1) is 12.1 Å². The molecule has 1 aromatic carbocycles. The molecular weight excluding hydrogens is 350 g/mol. The third-order valence-electron chi connectivity index (χ3n) is 6.40. The predicted octanol–water partition coefficient (Wildman–Crippen LogP) is 4.10. The molecule has 1 amide bonds. The van der Waals surface area contributed by atoms with Gasteiger partial charge in [-0.3, -0.25) is 9.69 Å². The first-order valence-corrected chi connectivity index (χ1v) is 10.6. The van der Waals surface area contributed by atoms with Crippen LogP contribution >= 0.6 is 0 Å². The van der Waals surface area contributed by atoms with Crippen LogP contribution in [-0.2, 0) is 11.3 Å². The molecule has 1 saturated carbocycles. The van der Waals surface area contributed by atoms with Crippen molar-refractivity contribution in [1.82, 2.24) is 15.2 Å². The largest absolute Gasteiger partial charge is 0.444 e. The van der Waals surface area contributed by atoms with Crippen molar-refractivity contribution in [3.8, 4) is 0 Å². The van der Waals surface area contributed by atoms with Crippen LogP contribution in [0.15, 0.2) is 40.9 Å². The lowest BCUT2D eigenvalue weighted by atomic mass is 9.82. The number of aryl methyl sites for hydroxylation is 1. The number of hydrogen-bond acceptors (Lipinski definition) is 4. The fourth-order valence-corrected chi connectivity index (χ4v) is 4.98. The molecule has 5 nitrogen and oxygen atoms in total. The molecule has 150 valence electrons. The van der Waals surface area contributed by atoms with E-state index < -0.39 is 0 Å². The maximum Gasteiger partial charge on any atom is 0.225 e. The molecule has 5 heteroatoms. The number of nitrogens with zero attached hydrogens (tertiary/aromatic N) is 2. The van der Waals surface area contributed by atoms with Crippen LogP contribution in [0.1, 0.15) is 55.9 Å². The summed E-state index contributed by atoms with van der Waals surface area (Å²) in [5.41, 5.74) is 1.32. The van der Waals surface area contributed by atoms with E-state index in [-0.39, 0.29) is 17.9 Å². The van der Waals surface area contributed by atoms with Gasteiger partial charge in [0.2, 0.25) is 11.8 Å². The molecule has 2 aromatic rings. The first-order chi connectivity index (χ1) is 13.6. The summed E-state index contributed by atoms with van der Waals surface area (Å²) in [7, 11) is 0. The van der Waals surface area contributed by atoms with Crippen LogP contribution in [-0.4, -0.2) is 28.9 Å². The quantitative estimate of drug-likeness (QED) is 0.818. The Morgan fingerprint density at radius 3 is 2.68 bits per heavy atom. The Kier molecular flexibility index (Phi) is 5.81. The average molecular weight is 382 g/mol. The molecule has 0 spiro atoms. The number of rotatable bonds is 6. The molecule has 4 rings (SSSR count). The van der Waals surface area contributed by atoms with Crippen molar-refractivity contribution in [3.05, 3.63) is 53.7 Å². The van der Waals surface area contributed by atoms with Gasteiger partial charge in [0, 0.05) is 19.6 Å². The highest BCUT2D eigenvalue weighted by Gasteiger charge is 2.42. The van der Waals surface area contributed by atoms with E-state index in [0.29, 0.717) is 17.7 Å². The van der Waals surface area contributed by atoms with E-state index in [4.69, 9.17) is 4.42 Å². The SMILES string of the molecule is Cc1cnc(C(C)NC(=O)[C@@H]2CN(Cc3ccccc3)C[C@H]2C2CCCC2)o1. The van der Waals surface area contributed by atoms with Crippen molar-refractivity contribution in [3.63, 3.8) is 0 Å². The molecule has 3 atom stereocenters. The number of hydrogen-bond donors (Lipinski definition) is 1. The molecule has 2 fully saturated rings. The monoisotopic (exact) mass is 381 g/mol. The molecule has 28 heavy (non-hydrogen) atoms. The van der Waals surface area contributed by atoms with Crippen molar-refractivity contribution < 1.29 is 9.21 Å². The molecule has 0 bridgehead atoms. The molecular formula is C23H31N3O2. The Balaban J connectivity index is 1.45. The number of carbonyl (C=O) groups excluding carboxylic acids is 1. The second-order valence-electron chi connectivity index (χ2n) is 8.53. The first kappa shape index (κ1) is 19.2. The minimum absolute atomic E-state index is 0.0466. The second-order valence-corrected chi connectivity index (χ2v) is 8.53. The van der Waals surface area contributed by atoms with Gasteiger partial charge in [0.25, 0.3) is 0 Å². The first-order valence-electron chi connectivity index (χ1n) is 10.6. The van der Waals surface area contributed by atoms with Gasteiger partial charge in [-0.2, -0.15) is 0 Å². The normalized spacial score (nSPS) is 24.5. The van der Waals surface area contributed by atoms with Gasteiger partial charge in [-0.1, -0.05) is 56.0 Å². The van der Waals surface area contributed by atoms with Gasteiger partial charge >= 0.3 is 0 Å². The van der Waals surface area contributed by atoms with Gasteiger partial charge < -0.3 is 9.73 Å². The van der Waals surface area contributed by atoms with Crippen LogP contribution in [0, 0.1) is 24.7 Å². The van der Waals surface area contributed by atoms with Crippen molar-refractivity contribution >= 4 is 5.91 Å². The molecule has 1 unspecified atom stereocenters. The summed E-state index contributed by atoms with van der Waals surface area (Å²) in [6, 6.07) is 10.4. The Bertz CT molecular complexity index is 782. The number of carbonyl (C=O) groups is 1. The lowest BCUT2D eigenvalue weighted by Crippen LogP contribution is -2.38. The summed E-state index contributed by atoms with van der Waals surface area (Å²) in [5.74, 6) is 2.68. The van der Waals surface area contributed by atoms with Gasteiger partial charge in [-0.15, -0.1) is 0 Å². The van der Waals surface area contributed by atoms with Gasteiger partial charge in [-0.05, 0) is 31.2 Å². The predicted molar refractivity (Wildman–Crippen MR) is 108 cm³/mol. The number of aromatic nitrogens is 1. The third-order valence-corrected chi connectivity index (χ3v) is 6.40. The summed E-state index contributed by atoms with van der Waals surface area (Å²) in [5, 5.41) is 3.17. The summed E-state index contributed by atoms with van der Waals surface area (Å²) < 4.78 is 5.60. The highest BCUT2D eigenvalue weighted by atomic mass is 16.4. The van der Waals surface area contributed by atoms with Crippen LogP contribution in [0.25, 0.3) is 0 Å². The molecule has 0 radical (unpaired) electrons. The standard InChI is InChI=1S/C23H31N3O2/c1-16-12-24-23(28-16)17(2)25-22(27)21-15-26(13-18-8-4-3-5-9-18)14-20(21)19-10-6-7-11-19/h3-5,8-9,12,17,19-21H,6-7,10-11,13-15H2,1-2H3,(H,25,27)/t17?,20-,21+/m0/s1. The summed E-state index contributed by atoms with van der Waals surface area (Å²) in [4.78, 5) is 19.9. The van der Waals surface area contributed by atoms with Crippen LogP contribution in [0.3, 0.4) is 0 Å². The van der Waals surface area contributed by atoms with Crippen molar-refractivity contribution in [1.29, 1.82) is 0 Å². The maximum atomic E-state index is 13.2. The van der Waals surface area contributed by atoms with E-state index in [1.807, 2.05) is 13.8 Å². The minimum atomic E-state index is -0.200. The number of likely N-dealkylation sites (tertiary alicyclic amines) is 1. The molecule has 1 saturated heterocycles. The summed E-state index contributed by atoms with van der Waals surface area (Å²) >= 11 is 0. The van der Waals surface area contributed by atoms with Crippen molar-refractivity contribution in [2.45, 2.75) is 52.1 Å². The Morgan fingerprint density at radius 1 is 1.25 bits per heavy atom. The zero-order valence-electron chi connectivity index (χ0n) is 16.9. The van der Waals surface area contributed by atoms with E-state index in [2.05, 4.69) is 45.5 Å². The number of amides is 1. The number of oxazole rings is 1. The highest BCUT2D eigenvalue weighted by molar-refractivity contribution is 5.80. The van der Waals surface area contributed by atoms with Gasteiger partial charge in [-0.25, -0.2) is 4.98 Å². The van der Waals surface area contributed by atoms with Crippen LogP contribution < -0.4 is 5.32 Å². The fraction of sp³-hybridized carbons (Fsp3) is 0.565. The van der Waals surface area contributed by atoms with E-state index >= 15 is 0 Å². The molecule has 1 aliphatic carbocycles. The molecule has 1 N–H and O–H groups in total. The van der Waals surface area contributed by atoms with Gasteiger partial charge in [0.1, 0.15) is 11.8 Å². The minimum Gasteiger partial charge on any atom is -0.444 e. The molecule has 1 aliphatic heterocycles. The Morgan fingerprint density at radius 2 is 2.00 bits per heavy atom. The van der Waals surface area contributed by atoms with E-state index in [1.165, 1.54) is 31.2 Å². The Hall–Kier alpha value is -2.14. The number of nitrogens with one attached hydrogen (secondary N) is 1. The highest BCUT2D eigenvalue weighted by Crippen LogP contribution is 2.40. The summed E-state index contributed by atoms with van der Waals surface area (Å²) in [6.45, 7) is 6.59. The van der Waals surface area contributed by atoms with Crippen molar-refractivity contribution in [2.24, 2.45) is 17.8 Å². The zero-order valence-corrected chi connectivity index (χ0v) is 16.9. The smallest absolute Gasteiger partial charge is 0.225 e. The maximum absolute atomic E-state index is 13.2. The lowest BCUT2D eigenvalue weighted by molar-refractivity contribution is -0.127. The second kappa shape index (κ2) is 8.48. The van der Waals surface area contributed by atoms with Crippen LogP contribution in [0.5, 0.6) is 0 Å². The topological polar surface area (TPSA) is 58.4 Å². The van der Waals surface area contributed by atoms with Gasteiger partial charge in [0.15, 0.2) is 0 Å². The average Bonchev–Trinajstić information content (AvgIpc) is 3.42. The third kappa shape index (κ3) is 4.30. The molecule has 2 heterocycles. The molecule has 2 aliphatic rings. The summed E-state index contributed by atoms with van der Waals surface area (Å²) in [6.07, 6.45) is 6.85. The van der Waals surface area contributed by atoms with Crippen LogP contribution in [0.4, 0.5) is 0 Å². The zero-order chi connectivity index (χ0) is 19.5. The van der Waals surface area contributed by atoms with Crippen LogP contribution in [0.2, 0.25) is 0 Å². The fourth-order valence-electron chi connectivity index (χ4n) is 4.98. The Labute approximate surface area is 167 Å². The molecule has 1 aromatic heterocycles. The lowest BCUT2D eigenvalue weighted by Gasteiger charge is -2.24. The van der Waals surface area contributed by atoms with E-state index in [1.54, 1.807) is 6.20 Å². The number of benzene rings is 1. The van der Waals surface area contributed by atoms with E-state index in [0.717, 1.165) is 25.4 Å². The van der Waals surface area contributed by atoms with Crippen molar-refractivity contribution in [2.75, 3.05) is 13.1 Å².